The molecule has 0 radical (unpaired) electrons. The van der Waals surface area contributed by atoms with Crippen LogP contribution < -0.4 is 0 Å². The Morgan fingerprint density at radius 1 is 1.35 bits per heavy atom. The Morgan fingerprint density at radius 3 is 2.76 bits per heavy atom. The third-order valence-corrected chi connectivity index (χ3v) is 3.13. The van der Waals surface area contributed by atoms with Crippen LogP contribution in [-0.2, 0) is 11.3 Å². The van der Waals surface area contributed by atoms with Gasteiger partial charge in [-0.15, -0.1) is 0 Å². The van der Waals surface area contributed by atoms with Gasteiger partial charge in [-0.3, -0.25) is 4.90 Å². The predicted octanol–water partition coefficient (Wildman–Crippen LogP) is 3.01. The van der Waals surface area contributed by atoms with E-state index in [1.165, 1.54) is 0 Å². The molecule has 0 fully saturated rings. The first kappa shape index (κ1) is 14.5. The summed E-state index contributed by atoms with van der Waals surface area (Å²) in [6.07, 6.45) is 0. The molecule has 17 heavy (non-hydrogen) atoms. The molecule has 1 aromatic carbocycles. The molecule has 96 valence electrons. The van der Waals surface area contributed by atoms with E-state index in [0.717, 1.165) is 42.9 Å². The van der Waals surface area contributed by atoms with Crippen molar-refractivity contribution in [2.45, 2.75) is 20.4 Å². The van der Waals surface area contributed by atoms with Crippen molar-refractivity contribution in [3.63, 3.8) is 0 Å². The van der Waals surface area contributed by atoms with Gasteiger partial charge in [0.1, 0.15) is 5.75 Å². The number of hydrogen-bond acceptors (Lipinski definition) is 3. The average molecular weight is 302 g/mol. The number of ether oxygens (including phenoxy) is 1. The zero-order valence-electron chi connectivity index (χ0n) is 10.4. The molecule has 0 aliphatic carbocycles. The summed E-state index contributed by atoms with van der Waals surface area (Å²) in [5, 5.41) is 9.77. The van der Waals surface area contributed by atoms with Gasteiger partial charge in [-0.25, -0.2) is 0 Å². The van der Waals surface area contributed by atoms with E-state index in [1.54, 1.807) is 6.07 Å². The fourth-order valence-electron chi connectivity index (χ4n) is 1.61. The normalized spacial score (nSPS) is 11.1. The van der Waals surface area contributed by atoms with E-state index < -0.39 is 0 Å². The van der Waals surface area contributed by atoms with Gasteiger partial charge >= 0.3 is 0 Å². The van der Waals surface area contributed by atoms with Crippen LogP contribution in [0.2, 0.25) is 0 Å². The minimum Gasteiger partial charge on any atom is -0.508 e. The summed E-state index contributed by atoms with van der Waals surface area (Å²) < 4.78 is 6.34. The van der Waals surface area contributed by atoms with Crippen LogP contribution in [0.1, 0.15) is 19.4 Å². The van der Waals surface area contributed by atoms with Crippen LogP contribution in [0.15, 0.2) is 22.7 Å². The summed E-state index contributed by atoms with van der Waals surface area (Å²) in [4.78, 5) is 2.25. The standard InChI is InChI=1S/C13H20BrNO2/c1-3-15(7-8-17-4-2)10-11-9-12(14)5-6-13(11)16/h5-6,9,16H,3-4,7-8,10H2,1-2H3. The van der Waals surface area contributed by atoms with E-state index in [4.69, 9.17) is 4.74 Å². The number of phenolic OH excluding ortho intramolecular Hbond substituents is 1. The van der Waals surface area contributed by atoms with Crippen LogP contribution in [0.25, 0.3) is 0 Å². The van der Waals surface area contributed by atoms with Gasteiger partial charge in [-0.2, -0.15) is 0 Å². The Hall–Kier alpha value is -0.580. The zero-order chi connectivity index (χ0) is 12.7. The summed E-state index contributed by atoms with van der Waals surface area (Å²) in [6.45, 7) is 8.17. The first-order valence-corrected chi connectivity index (χ1v) is 6.74. The first-order valence-electron chi connectivity index (χ1n) is 5.94. The van der Waals surface area contributed by atoms with Crippen molar-refractivity contribution >= 4 is 15.9 Å². The summed E-state index contributed by atoms with van der Waals surface area (Å²) in [6, 6.07) is 5.52. The fourth-order valence-corrected chi connectivity index (χ4v) is 2.02. The van der Waals surface area contributed by atoms with Gasteiger partial charge in [-0.1, -0.05) is 22.9 Å². The molecule has 1 N–H and O–H groups in total. The lowest BCUT2D eigenvalue weighted by molar-refractivity contribution is 0.112. The molecule has 3 nitrogen and oxygen atoms in total. The van der Waals surface area contributed by atoms with E-state index in [0.29, 0.717) is 5.75 Å². The maximum atomic E-state index is 9.77. The minimum absolute atomic E-state index is 0.350. The molecular weight excluding hydrogens is 282 g/mol. The number of likely N-dealkylation sites (N-methyl/N-ethyl adjacent to an activating group) is 1. The number of nitrogens with zero attached hydrogens (tertiary/aromatic N) is 1. The van der Waals surface area contributed by atoms with Crippen molar-refractivity contribution in [3.05, 3.63) is 28.2 Å². The summed E-state index contributed by atoms with van der Waals surface area (Å²) in [7, 11) is 0. The largest absolute Gasteiger partial charge is 0.508 e. The Labute approximate surface area is 112 Å². The molecule has 0 bridgehead atoms. The quantitative estimate of drug-likeness (QED) is 0.786. The summed E-state index contributed by atoms with van der Waals surface area (Å²) in [5.41, 5.74) is 0.942. The number of phenols is 1. The number of rotatable bonds is 7. The predicted molar refractivity (Wildman–Crippen MR) is 73.3 cm³/mol. The molecule has 0 aromatic heterocycles. The van der Waals surface area contributed by atoms with Crippen LogP contribution in [0, 0.1) is 0 Å². The van der Waals surface area contributed by atoms with E-state index in [-0.39, 0.29) is 0 Å². The molecular formula is C13H20BrNO2. The van der Waals surface area contributed by atoms with Gasteiger partial charge < -0.3 is 9.84 Å². The highest BCUT2D eigenvalue weighted by Gasteiger charge is 2.07. The second-order valence-corrected chi connectivity index (χ2v) is 4.75. The lowest BCUT2D eigenvalue weighted by Gasteiger charge is -2.20. The molecule has 1 rings (SSSR count). The van der Waals surface area contributed by atoms with Crippen LogP contribution in [0.3, 0.4) is 0 Å². The average Bonchev–Trinajstić information content (AvgIpc) is 2.32. The van der Waals surface area contributed by atoms with Crippen LogP contribution in [0.4, 0.5) is 0 Å². The molecule has 0 amide bonds. The topological polar surface area (TPSA) is 32.7 Å². The number of benzene rings is 1. The van der Waals surface area contributed by atoms with Crippen molar-refractivity contribution < 1.29 is 9.84 Å². The Bertz CT molecular complexity index is 344. The highest BCUT2D eigenvalue weighted by atomic mass is 79.9. The van der Waals surface area contributed by atoms with E-state index in [1.807, 2.05) is 19.1 Å². The molecule has 0 spiro atoms. The highest BCUT2D eigenvalue weighted by molar-refractivity contribution is 9.10. The minimum atomic E-state index is 0.350. The Balaban J connectivity index is 2.57. The third kappa shape index (κ3) is 5.06. The van der Waals surface area contributed by atoms with Gasteiger partial charge in [0, 0.05) is 29.7 Å². The van der Waals surface area contributed by atoms with Crippen molar-refractivity contribution in [3.8, 4) is 5.75 Å². The van der Waals surface area contributed by atoms with Gasteiger partial charge in [0.2, 0.25) is 0 Å². The van der Waals surface area contributed by atoms with Gasteiger partial charge in [0.05, 0.1) is 6.61 Å². The van der Waals surface area contributed by atoms with Crippen molar-refractivity contribution in [1.29, 1.82) is 0 Å². The lowest BCUT2D eigenvalue weighted by atomic mass is 10.2. The molecule has 0 aliphatic rings. The molecule has 0 unspecified atom stereocenters. The van der Waals surface area contributed by atoms with Crippen LogP contribution >= 0.6 is 15.9 Å². The third-order valence-electron chi connectivity index (χ3n) is 2.64. The highest BCUT2D eigenvalue weighted by Crippen LogP contribution is 2.23. The van der Waals surface area contributed by atoms with Gasteiger partial charge in [-0.05, 0) is 31.7 Å². The molecule has 0 heterocycles. The number of hydrogen-bond donors (Lipinski definition) is 1. The second kappa shape index (κ2) is 7.69. The smallest absolute Gasteiger partial charge is 0.120 e. The maximum absolute atomic E-state index is 9.77. The Morgan fingerprint density at radius 2 is 2.12 bits per heavy atom. The SMILES string of the molecule is CCOCCN(CC)Cc1cc(Br)ccc1O. The summed E-state index contributed by atoms with van der Waals surface area (Å²) in [5.74, 6) is 0.350. The van der Waals surface area contributed by atoms with Gasteiger partial charge in [0.15, 0.2) is 0 Å². The van der Waals surface area contributed by atoms with E-state index >= 15 is 0 Å². The first-order chi connectivity index (χ1) is 8.17. The van der Waals surface area contributed by atoms with Crippen LogP contribution in [0.5, 0.6) is 5.75 Å². The lowest BCUT2D eigenvalue weighted by Crippen LogP contribution is -2.27. The Kier molecular flexibility index (Phi) is 6.55. The van der Waals surface area contributed by atoms with Crippen molar-refractivity contribution in [2.24, 2.45) is 0 Å². The molecule has 0 aliphatic heterocycles. The number of aromatic hydroxyl groups is 1. The monoisotopic (exact) mass is 301 g/mol. The van der Waals surface area contributed by atoms with Gasteiger partial charge in [0.25, 0.3) is 0 Å². The maximum Gasteiger partial charge on any atom is 0.120 e. The van der Waals surface area contributed by atoms with E-state index in [2.05, 4.69) is 27.8 Å². The summed E-state index contributed by atoms with van der Waals surface area (Å²) >= 11 is 3.42. The van der Waals surface area contributed by atoms with Crippen molar-refractivity contribution in [2.75, 3.05) is 26.3 Å². The fraction of sp³-hybridized carbons (Fsp3) is 0.538. The molecule has 0 atom stereocenters. The molecule has 0 saturated carbocycles. The van der Waals surface area contributed by atoms with Crippen molar-refractivity contribution in [1.82, 2.24) is 4.90 Å². The van der Waals surface area contributed by atoms with Crippen LogP contribution in [-0.4, -0.2) is 36.3 Å². The second-order valence-electron chi connectivity index (χ2n) is 3.84. The number of halogens is 1. The molecule has 1 aromatic rings. The molecule has 4 heteroatoms. The zero-order valence-corrected chi connectivity index (χ0v) is 12.0. The van der Waals surface area contributed by atoms with E-state index in [9.17, 15) is 5.11 Å². The molecule has 0 saturated heterocycles.